The SMILES string of the molecule is CC(C)(C)c1cc(CC(=O)[C@@H]2CCCN2c2ccc(C(F)(F)F)cc2)no1.CC(C)(C)c1cc(CC(=O)[C@H]2CCCN2c2ccc(C(F)(F)F)cc2)no1.O=C(Cc1ccc(C(F)(F)F)cn1)[C@@H]1CCCN1c1ccc(C(F)(F)F)cc1.O=C(Cc1ccc(C(F)(F)F)cn1)[C@@H]1CCCN1c1ccc(Cl)cc1.O=C(Cc1ccc(C(F)(F)F)cn1)[C@H]1CCCN1c1ccc(C(F)(F)F)cc1. The molecule has 5 aliphatic rings. The summed E-state index contributed by atoms with van der Waals surface area (Å²) in [4.78, 5) is 83.9. The number of benzene rings is 5. The van der Waals surface area contributed by atoms with E-state index in [1.807, 2.05) is 68.4 Å². The first-order valence-corrected chi connectivity index (χ1v) is 43.3. The Kier molecular flexibility index (Phi) is 32.7. The number of hydrogen-bond donors (Lipinski definition) is 0. The van der Waals surface area contributed by atoms with Crippen molar-refractivity contribution in [1.82, 2.24) is 25.3 Å². The molecule has 0 amide bonds. The molecule has 5 aromatic heterocycles. The lowest BCUT2D eigenvalue weighted by atomic mass is 9.93. The van der Waals surface area contributed by atoms with Gasteiger partial charge in [0.05, 0.1) is 113 Å². The lowest BCUT2D eigenvalue weighted by Gasteiger charge is -2.26. The summed E-state index contributed by atoms with van der Waals surface area (Å²) in [6, 6.07) is 34.2. The van der Waals surface area contributed by atoms with Crippen LogP contribution < -0.4 is 24.5 Å². The highest BCUT2D eigenvalue weighted by Crippen LogP contribution is 2.41. The second-order valence-corrected chi connectivity index (χ2v) is 35.5. The predicted molar refractivity (Wildman–Crippen MR) is 461 cm³/mol. The molecule has 0 saturated carbocycles. The quantitative estimate of drug-likeness (QED) is 0.0654. The summed E-state index contributed by atoms with van der Waals surface area (Å²) in [5.41, 5.74) is -0.737. The van der Waals surface area contributed by atoms with Crippen molar-refractivity contribution in [3.05, 3.63) is 272 Å². The van der Waals surface area contributed by atoms with Gasteiger partial charge in [0.2, 0.25) is 0 Å². The first kappa shape index (κ1) is 104. The van der Waals surface area contributed by atoms with Crippen LogP contribution >= 0.6 is 11.6 Å². The Labute approximate surface area is 767 Å². The Balaban J connectivity index is 0.000000162. The summed E-state index contributed by atoms with van der Waals surface area (Å²) < 4.78 is 277. The molecule has 15 rings (SSSR count). The van der Waals surface area contributed by atoms with E-state index in [0.717, 1.165) is 134 Å². The summed E-state index contributed by atoms with van der Waals surface area (Å²) in [5, 5.41) is 8.61. The minimum atomic E-state index is -4.50. The summed E-state index contributed by atoms with van der Waals surface area (Å²) in [7, 11) is 0. The van der Waals surface area contributed by atoms with E-state index in [9.17, 15) is 116 Å². The highest BCUT2D eigenvalue weighted by atomic mass is 35.5. The zero-order valence-corrected chi connectivity index (χ0v) is 74.3. The molecule has 5 aliphatic heterocycles. The minimum Gasteiger partial charge on any atom is -0.361 e. The number of nitrogens with zero attached hydrogens (tertiary/aromatic N) is 10. The molecule has 0 bridgehead atoms. The lowest BCUT2D eigenvalue weighted by Crippen LogP contribution is -2.37. The van der Waals surface area contributed by atoms with Crippen molar-refractivity contribution in [3.8, 4) is 0 Å². The number of hydrogen-bond acceptors (Lipinski definition) is 17. The van der Waals surface area contributed by atoms with E-state index in [-0.39, 0.29) is 101 Å². The second-order valence-electron chi connectivity index (χ2n) is 35.1. The van der Waals surface area contributed by atoms with Crippen molar-refractivity contribution < 1.29 is 125 Å². The number of carbonyl (C=O) groups is 5. The zero-order chi connectivity index (χ0) is 98.7. The lowest BCUT2D eigenvalue weighted by molar-refractivity contribution is -0.138. The topological polar surface area (TPSA) is 192 Å². The number of alkyl halides is 21. The van der Waals surface area contributed by atoms with Crippen LogP contribution in [-0.4, -0.2) is 117 Å². The van der Waals surface area contributed by atoms with Crippen LogP contribution in [0.5, 0.6) is 0 Å². The van der Waals surface area contributed by atoms with Crippen LogP contribution in [0.2, 0.25) is 5.02 Å². The van der Waals surface area contributed by atoms with Gasteiger partial charge >= 0.3 is 43.2 Å². The summed E-state index contributed by atoms with van der Waals surface area (Å²) >= 11 is 5.90. The molecular weight excluding hydrogens is 1840 g/mol. The van der Waals surface area contributed by atoms with E-state index < -0.39 is 94.3 Å². The van der Waals surface area contributed by atoms with Crippen LogP contribution in [0.4, 0.5) is 121 Å². The normalized spacial score (nSPS) is 17.9. The van der Waals surface area contributed by atoms with E-state index in [2.05, 4.69) is 25.3 Å². The molecule has 0 N–H and O–H groups in total. The van der Waals surface area contributed by atoms with E-state index >= 15 is 0 Å². The smallest absolute Gasteiger partial charge is 0.361 e. The molecule has 10 aromatic rings. The fourth-order valence-corrected chi connectivity index (χ4v) is 16.2. The van der Waals surface area contributed by atoms with Crippen molar-refractivity contribution in [2.24, 2.45) is 0 Å². The van der Waals surface area contributed by atoms with Gasteiger partial charge in [-0.3, -0.25) is 38.9 Å². The Morgan fingerprint density at radius 1 is 0.281 bits per heavy atom. The molecule has 39 heteroatoms. The number of pyridine rings is 3. The van der Waals surface area contributed by atoms with Crippen molar-refractivity contribution in [1.29, 1.82) is 0 Å². The fraction of sp³-hybridized carbons (Fsp3) is 0.417. The molecule has 0 unspecified atom stereocenters. The highest BCUT2D eigenvalue weighted by molar-refractivity contribution is 6.30. The Hall–Kier alpha value is -11.9. The van der Waals surface area contributed by atoms with Gasteiger partial charge in [0.15, 0.2) is 28.9 Å². The average Bonchev–Trinajstić information content (AvgIpc) is 1.71. The third-order valence-electron chi connectivity index (χ3n) is 23.2. The third-order valence-corrected chi connectivity index (χ3v) is 23.5. The van der Waals surface area contributed by atoms with Crippen molar-refractivity contribution >= 4 is 69.0 Å². The summed E-state index contributed by atoms with van der Waals surface area (Å²) in [6.07, 6.45) is -21.8. The number of halogens is 22. The van der Waals surface area contributed by atoms with Gasteiger partial charge in [-0.25, -0.2) is 0 Å². The van der Waals surface area contributed by atoms with Crippen LogP contribution in [0.1, 0.15) is 185 Å². The van der Waals surface area contributed by atoms with Crippen molar-refractivity contribution in [2.45, 2.75) is 222 Å². The van der Waals surface area contributed by atoms with Crippen LogP contribution in [-0.2, 0) is 110 Å². The Bertz CT molecular complexity index is 5340. The third kappa shape index (κ3) is 28.2. The van der Waals surface area contributed by atoms with Gasteiger partial charge in [-0.1, -0.05) is 63.5 Å². The summed E-state index contributed by atoms with van der Waals surface area (Å²) in [6.45, 7) is 15.1. The van der Waals surface area contributed by atoms with Gasteiger partial charge in [-0.15, -0.1) is 0 Å². The van der Waals surface area contributed by atoms with E-state index in [1.165, 1.54) is 54.6 Å². The Morgan fingerprint density at radius 2 is 0.467 bits per heavy atom. The number of Topliss-reactive ketones (excluding diaryl/α,β-unsaturated/α-hetero) is 5. The maximum absolute atomic E-state index is 12.8. The van der Waals surface area contributed by atoms with Gasteiger partial charge in [0.25, 0.3) is 0 Å². The van der Waals surface area contributed by atoms with Gasteiger partial charge < -0.3 is 33.5 Å². The fourth-order valence-electron chi connectivity index (χ4n) is 16.1. The van der Waals surface area contributed by atoms with Crippen LogP contribution in [0, 0.1) is 0 Å². The zero-order valence-electron chi connectivity index (χ0n) is 73.6. The highest BCUT2D eigenvalue weighted by Gasteiger charge is 2.42. The van der Waals surface area contributed by atoms with E-state index in [0.29, 0.717) is 122 Å². The molecule has 0 radical (unpaired) electrons. The van der Waals surface area contributed by atoms with E-state index in [4.69, 9.17) is 20.6 Å². The molecule has 10 heterocycles. The molecule has 5 atom stereocenters. The second kappa shape index (κ2) is 42.6. The summed E-state index contributed by atoms with van der Waals surface area (Å²) in [5.74, 6) is 0.934. The first-order chi connectivity index (χ1) is 63.1. The molecule has 0 spiro atoms. The van der Waals surface area contributed by atoms with Crippen LogP contribution in [0.25, 0.3) is 0 Å². The molecule has 135 heavy (non-hydrogen) atoms. The van der Waals surface area contributed by atoms with E-state index in [1.54, 1.807) is 34.1 Å². The maximum Gasteiger partial charge on any atom is 0.417 e. The first-order valence-electron chi connectivity index (χ1n) is 43.0. The van der Waals surface area contributed by atoms with Crippen LogP contribution in [0.3, 0.4) is 0 Å². The van der Waals surface area contributed by atoms with Crippen LogP contribution in [0.15, 0.2) is 197 Å². The molecule has 0 aliphatic carbocycles. The standard InChI is InChI=1S/2C20H23F3N2O2.2C19H16F6N2O.C18H16ClF3N2O/c2*1-19(2,3)18-12-14(24-27-18)11-17(26)16-5-4-10-25(16)15-8-6-13(7-9-15)20(21,22)23;2*20-18(21,22)12-4-7-15(8-5-12)27-9-1-2-16(27)17(28)10-14-6-3-13(11-26-14)19(23,24)25;19-13-4-7-15(8-5-13)24-9-1-2-16(24)17(25)10-14-6-3-12(11-23-14)18(20,21)22/h2*6-9,12,16H,4-5,10-11H2,1-3H3;2*3-8,11,16H,1-2,9-10H2;3-8,11,16H,1-2,9-10H2/t5*16-/m10100/s1. The maximum atomic E-state index is 12.8. The molecular formula is C96H94ClF21N10O7. The number of aromatic nitrogens is 5. The minimum absolute atomic E-state index is 0.00107. The monoisotopic (exact) mass is 1930 g/mol. The number of ketones is 5. The van der Waals surface area contributed by atoms with Gasteiger partial charge in [0, 0.05) is 125 Å². The number of carbonyl (C=O) groups excluding carboxylic acids is 5. The molecule has 5 aromatic carbocycles. The van der Waals surface area contributed by atoms with Gasteiger partial charge in [-0.2, -0.15) is 92.2 Å². The van der Waals surface area contributed by atoms with Crippen molar-refractivity contribution in [3.63, 3.8) is 0 Å². The van der Waals surface area contributed by atoms with Crippen molar-refractivity contribution in [2.75, 3.05) is 57.2 Å². The number of rotatable bonds is 20. The number of anilines is 5. The largest absolute Gasteiger partial charge is 0.417 e. The molecule has 17 nitrogen and oxygen atoms in total. The molecule has 5 fully saturated rings. The average molecular weight is 1930 g/mol. The van der Waals surface area contributed by atoms with Gasteiger partial charge in [-0.05, 0) is 222 Å². The van der Waals surface area contributed by atoms with Gasteiger partial charge in [0.1, 0.15) is 11.5 Å². The predicted octanol–water partition coefficient (Wildman–Crippen LogP) is 23.9. The molecule has 724 valence electrons. The molecule has 5 saturated heterocycles. The Morgan fingerprint density at radius 3 is 0.637 bits per heavy atom.